The number of rotatable bonds is 20. The topological polar surface area (TPSA) is 138 Å². The summed E-state index contributed by atoms with van der Waals surface area (Å²) >= 11 is 0. The van der Waals surface area contributed by atoms with Gasteiger partial charge in [-0.05, 0) is 98.5 Å². The number of aliphatic carboxylic acids is 1. The molecule has 51 heavy (non-hydrogen) atoms. The van der Waals surface area contributed by atoms with Crippen LogP contribution in [0.3, 0.4) is 0 Å². The van der Waals surface area contributed by atoms with Crippen molar-refractivity contribution in [1.82, 2.24) is 21.3 Å². The van der Waals surface area contributed by atoms with E-state index in [4.69, 9.17) is 9.47 Å². The van der Waals surface area contributed by atoms with Gasteiger partial charge in [0.2, 0.25) is 5.91 Å². The molecule has 0 saturated heterocycles. The number of aryl methyl sites for hydroxylation is 1. The number of ether oxygens (including phenoxy) is 2. The number of carbonyl (C=O) groups is 3. The van der Waals surface area contributed by atoms with E-state index >= 15 is 0 Å². The lowest BCUT2D eigenvalue weighted by molar-refractivity contribution is -0.149. The lowest BCUT2D eigenvalue weighted by Gasteiger charge is -2.23. The lowest BCUT2D eigenvalue weighted by atomic mass is 9.93. The van der Waals surface area contributed by atoms with Crippen LogP contribution in [0, 0.1) is 6.92 Å². The van der Waals surface area contributed by atoms with Crippen LogP contribution in [-0.4, -0.2) is 68.8 Å². The van der Waals surface area contributed by atoms with Crippen LogP contribution in [0.5, 0.6) is 5.75 Å². The highest BCUT2D eigenvalue weighted by Crippen LogP contribution is 2.30. The molecule has 0 aliphatic heterocycles. The molecule has 10 nitrogen and oxygen atoms in total. The minimum atomic E-state index is -0.954. The van der Waals surface area contributed by atoms with Gasteiger partial charge >= 0.3 is 11.9 Å². The second kappa shape index (κ2) is 20.0. The molecule has 4 rings (SSSR count). The highest BCUT2D eigenvalue weighted by molar-refractivity contribution is 5.88. The number of likely N-dealkylation sites (N-methyl/N-ethyl adjacent to an activating group) is 2. The monoisotopic (exact) mass is 694 g/mol. The SMILES string of the molecule is CNCCC[C@H](NC)C(=O)N[C@@H](Cc1cc(-c2ccc(OCc3ccccc3)c(C[C@H](NC)C(=O)O)c2)ccc1C)C(=O)OCc1ccccc1. The first-order valence-corrected chi connectivity index (χ1v) is 17.3. The van der Waals surface area contributed by atoms with Crippen molar-refractivity contribution in [2.45, 2.75) is 63.9 Å². The number of carboxylic acid groups (broad SMARTS) is 1. The molecule has 0 radical (unpaired) electrons. The first kappa shape index (κ1) is 38.8. The van der Waals surface area contributed by atoms with Crippen molar-refractivity contribution in [1.29, 1.82) is 0 Å². The van der Waals surface area contributed by atoms with Gasteiger partial charge in [-0.25, -0.2) is 4.79 Å². The molecular weight excluding hydrogens is 644 g/mol. The second-order valence-electron chi connectivity index (χ2n) is 12.6. The average molecular weight is 695 g/mol. The minimum absolute atomic E-state index is 0.0914. The van der Waals surface area contributed by atoms with Gasteiger partial charge in [-0.1, -0.05) is 84.9 Å². The third-order valence-corrected chi connectivity index (χ3v) is 8.88. The Balaban J connectivity index is 1.62. The maximum Gasteiger partial charge on any atom is 0.329 e. The minimum Gasteiger partial charge on any atom is -0.489 e. The van der Waals surface area contributed by atoms with Gasteiger partial charge in [0.15, 0.2) is 0 Å². The summed E-state index contributed by atoms with van der Waals surface area (Å²) in [7, 11) is 5.23. The lowest BCUT2D eigenvalue weighted by Crippen LogP contribution is -2.50. The van der Waals surface area contributed by atoms with Crippen molar-refractivity contribution in [3.05, 3.63) is 125 Å². The van der Waals surface area contributed by atoms with Crippen molar-refractivity contribution >= 4 is 17.8 Å². The van der Waals surface area contributed by atoms with E-state index in [0.29, 0.717) is 18.8 Å². The van der Waals surface area contributed by atoms with E-state index in [2.05, 4.69) is 21.3 Å². The zero-order valence-corrected chi connectivity index (χ0v) is 29.9. The van der Waals surface area contributed by atoms with Crippen LogP contribution in [0.1, 0.15) is 40.7 Å². The van der Waals surface area contributed by atoms with Crippen LogP contribution >= 0.6 is 0 Å². The van der Waals surface area contributed by atoms with Crippen molar-refractivity contribution < 1.29 is 29.0 Å². The summed E-state index contributed by atoms with van der Waals surface area (Å²) in [4.78, 5) is 39.0. The van der Waals surface area contributed by atoms with E-state index in [-0.39, 0.29) is 25.4 Å². The molecule has 0 aliphatic rings. The molecule has 0 spiro atoms. The first-order valence-electron chi connectivity index (χ1n) is 17.3. The molecule has 0 unspecified atom stereocenters. The molecule has 3 atom stereocenters. The molecule has 5 N–H and O–H groups in total. The number of carbonyl (C=O) groups excluding carboxylic acids is 2. The molecule has 4 aromatic rings. The molecule has 0 aromatic heterocycles. The summed E-state index contributed by atoms with van der Waals surface area (Å²) in [5, 5.41) is 21.8. The Morgan fingerprint density at radius 1 is 0.706 bits per heavy atom. The van der Waals surface area contributed by atoms with Crippen LogP contribution in [0.4, 0.5) is 0 Å². The van der Waals surface area contributed by atoms with Gasteiger partial charge in [0.1, 0.15) is 31.0 Å². The molecule has 4 aromatic carbocycles. The van der Waals surface area contributed by atoms with E-state index in [0.717, 1.165) is 51.9 Å². The largest absolute Gasteiger partial charge is 0.489 e. The number of carboxylic acids is 1. The standard InChI is InChI=1S/C41H50N4O6/c1-28-17-18-31(32-19-20-38(50-26-29-12-7-5-8-13-29)34(23-32)25-36(44-4)40(47)48)22-33(28)24-37(41(49)51-27-30-14-9-6-10-15-30)45-39(46)35(43-3)16-11-21-42-2/h5-10,12-15,17-20,22-23,35-37,42-44H,11,16,21,24-27H2,1-4H3,(H,45,46)(H,47,48)/t35-,36-,37-/m0/s1. The fourth-order valence-corrected chi connectivity index (χ4v) is 5.80. The molecule has 0 saturated carbocycles. The number of esters is 1. The second-order valence-corrected chi connectivity index (χ2v) is 12.6. The highest BCUT2D eigenvalue weighted by Gasteiger charge is 2.27. The number of nitrogens with one attached hydrogen (secondary N) is 4. The smallest absolute Gasteiger partial charge is 0.329 e. The van der Waals surface area contributed by atoms with Crippen LogP contribution in [0.25, 0.3) is 11.1 Å². The number of hydrogen-bond acceptors (Lipinski definition) is 8. The Bertz CT molecular complexity index is 1720. The van der Waals surface area contributed by atoms with Gasteiger partial charge in [-0.3, -0.25) is 9.59 Å². The molecular formula is C41H50N4O6. The molecule has 1 amide bonds. The fourth-order valence-electron chi connectivity index (χ4n) is 5.80. The highest BCUT2D eigenvalue weighted by atomic mass is 16.5. The summed E-state index contributed by atoms with van der Waals surface area (Å²) in [6, 6.07) is 28.8. The molecule has 270 valence electrons. The number of hydrogen-bond donors (Lipinski definition) is 5. The summed E-state index contributed by atoms with van der Waals surface area (Å²) in [6.45, 7) is 3.18. The molecule has 0 bridgehead atoms. The predicted molar refractivity (Wildman–Crippen MR) is 199 cm³/mol. The van der Waals surface area contributed by atoms with E-state index in [1.807, 2.05) is 111 Å². The zero-order chi connectivity index (χ0) is 36.6. The maximum absolute atomic E-state index is 13.6. The van der Waals surface area contributed by atoms with Crippen LogP contribution in [0.15, 0.2) is 97.1 Å². The fraction of sp³-hybridized carbons (Fsp3) is 0.341. The molecule has 10 heteroatoms. The van der Waals surface area contributed by atoms with E-state index < -0.39 is 30.1 Å². The molecule has 0 heterocycles. The summed E-state index contributed by atoms with van der Waals surface area (Å²) < 4.78 is 11.9. The maximum atomic E-state index is 13.6. The Morgan fingerprint density at radius 3 is 1.90 bits per heavy atom. The number of benzene rings is 4. The Kier molecular flexibility index (Phi) is 15.2. The van der Waals surface area contributed by atoms with E-state index in [1.165, 1.54) is 0 Å². The first-order chi connectivity index (χ1) is 24.7. The van der Waals surface area contributed by atoms with Gasteiger partial charge in [-0.15, -0.1) is 0 Å². The van der Waals surface area contributed by atoms with Gasteiger partial charge in [0.05, 0.1) is 6.04 Å². The summed E-state index contributed by atoms with van der Waals surface area (Å²) in [5.41, 5.74) is 6.17. The van der Waals surface area contributed by atoms with Crippen molar-refractivity contribution in [3.8, 4) is 16.9 Å². The van der Waals surface area contributed by atoms with Gasteiger partial charge in [-0.2, -0.15) is 0 Å². The zero-order valence-electron chi connectivity index (χ0n) is 29.9. The Labute approximate surface area is 301 Å². The third kappa shape index (κ3) is 11.8. The third-order valence-electron chi connectivity index (χ3n) is 8.88. The van der Waals surface area contributed by atoms with E-state index in [9.17, 15) is 19.5 Å². The summed E-state index contributed by atoms with van der Waals surface area (Å²) in [5.74, 6) is -1.13. The van der Waals surface area contributed by atoms with E-state index in [1.54, 1.807) is 14.1 Å². The molecule has 0 aliphatic carbocycles. The van der Waals surface area contributed by atoms with Crippen LogP contribution < -0.4 is 26.0 Å². The average Bonchev–Trinajstić information content (AvgIpc) is 3.15. The number of amides is 1. The Morgan fingerprint density at radius 2 is 1.29 bits per heavy atom. The van der Waals surface area contributed by atoms with Crippen molar-refractivity contribution in [2.24, 2.45) is 0 Å². The van der Waals surface area contributed by atoms with Gasteiger partial charge < -0.3 is 35.8 Å². The predicted octanol–water partition coefficient (Wildman–Crippen LogP) is 4.81. The van der Waals surface area contributed by atoms with Crippen molar-refractivity contribution in [2.75, 3.05) is 27.7 Å². The summed E-state index contributed by atoms with van der Waals surface area (Å²) in [6.07, 6.45) is 1.83. The van der Waals surface area contributed by atoms with Gasteiger partial charge in [0, 0.05) is 12.8 Å². The molecule has 0 fully saturated rings. The normalized spacial score (nSPS) is 12.8. The van der Waals surface area contributed by atoms with Crippen LogP contribution in [-0.2, 0) is 45.2 Å². The Hall–Kier alpha value is -5.03. The van der Waals surface area contributed by atoms with Gasteiger partial charge in [0.25, 0.3) is 0 Å². The van der Waals surface area contributed by atoms with Crippen LogP contribution in [0.2, 0.25) is 0 Å². The quantitative estimate of drug-likeness (QED) is 0.0652. The van der Waals surface area contributed by atoms with Crippen molar-refractivity contribution in [3.63, 3.8) is 0 Å².